The first-order valence-corrected chi connectivity index (χ1v) is 9.19. The van der Waals surface area contributed by atoms with E-state index in [2.05, 4.69) is 10.2 Å². The van der Waals surface area contributed by atoms with E-state index in [-0.39, 0.29) is 5.91 Å². The van der Waals surface area contributed by atoms with E-state index < -0.39 is 6.10 Å². The second kappa shape index (κ2) is 9.50. The minimum absolute atomic E-state index is 0.200. The predicted molar refractivity (Wildman–Crippen MR) is 104 cm³/mol. The maximum atomic E-state index is 12.3. The highest BCUT2D eigenvalue weighted by Crippen LogP contribution is 2.21. The number of carbonyl (C=O) groups excluding carboxylic acids is 1. The molecule has 0 spiro atoms. The number of aliphatic hydroxyl groups excluding tert-OH is 1. The van der Waals surface area contributed by atoms with Gasteiger partial charge >= 0.3 is 0 Å². The minimum Gasteiger partial charge on any atom is -0.497 e. The number of methoxy groups -OCH3 is 1. The Morgan fingerprint density at radius 2 is 1.96 bits per heavy atom. The first-order valence-electron chi connectivity index (χ1n) is 9.19. The first-order chi connectivity index (χ1) is 13.2. The van der Waals surface area contributed by atoms with Gasteiger partial charge < -0.3 is 19.9 Å². The van der Waals surface area contributed by atoms with Crippen LogP contribution in [-0.2, 0) is 4.74 Å². The quantitative estimate of drug-likeness (QED) is 0.784. The Kier molecular flexibility index (Phi) is 6.81. The van der Waals surface area contributed by atoms with E-state index in [1.165, 1.54) is 0 Å². The van der Waals surface area contributed by atoms with Crippen LogP contribution < -0.4 is 10.1 Å². The number of hydrogen-bond donors (Lipinski definition) is 2. The summed E-state index contributed by atoms with van der Waals surface area (Å²) in [6.07, 6.45) is 0.158. The molecule has 1 saturated heterocycles. The average molecular weight is 370 g/mol. The average Bonchev–Trinajstić information content (AvgIpc) is 2.73. The first kappa shape index (κ1) is 19.4. The third-order valence-electron chi connectivity index (χ3n) is 4.71. The topological polar surface area (TPSA) is 71.0 Å². The summed E-state index contributed by atoms with van der Waals surface area (Å²) in [6.45, 7) is 4.21. The zero-order valence-electron chi connectivity index (χ0n) is 15.6. The van der Waals surface area contributed by atoms with E-state index in [1.54, 1.807) is 31.4 Å². The Morgan fingerprint density at radius 3 is 2.67 bits per heavy atom. The number of nitrogens with one attached hydrogen (secondary N) is 1. The largest absolute Gasteiger partial charge is 0.497 e. The second-order valence-electron chi connectivity index (χ2n) is 6.57. The van der Waals surface area contributed by atoms with Crippen LogP contribution in [0.5, 0.6) is 5.75 Å². The fourth-order valence-electron chi connectivity index (χ4n) is 3.05. The van der Waals surface area contributed by atoms with Crippen molar-refractivity contribution in [1.82, 2.24) is 4.90 Å². The Bertz CT molecular complexity index is 742. The van der Waals surface area contributed by atoms with Crippen molar-refractivity contribution in [2.45, 2.75) is 12.5 Å². The van der Waals surface area contributed by atoms with Crippen molar-refractivity contribution in [3.63, 3.8) is 0 Å². The molecule has 1 amide bonds. The van der Waals surface area contributed by atoms with Gasteiger partial charge in [-0.2, -0.15) is 0 Å². The molecular weight excluding hydrogens is 344 g/mol. The normalized spacial score (nSPS) is 15.9. The van der Waals surface area contributed by atoms with Crippen molar-refractivity contribution in [1.29, 1.82) is 0 Å². The van der Waals surface area contributed by atoms with Crippen molar-refractivity contribution in [2.24, 2.45) is 0 Å². The molecule has 1 atom stereocenters. The van der Waals surface area contributed by atoms with Crippen molar-refractivity contribution in [3.8, 4) is 5.75 Å². The summed E-state index contributed by atoms with van der Waals surface area (Å²) in [6, 6.07) is 14.3. The summed E-state index contributed by atoms with van der Waals surface area (Å²) in [4.78, 5) is 14.6. The summed E-state index contributed by atoms with van der Waals surface area (Å²) >= 11 is 0. The Morgan fingerprint density at radius 1 is 1.22 bits per heavy atom. The summed E-state index contributed by atoms with van der Waals surface area (Å²) in [5, 5.41) is 13.3. The summed E-state index contributed by atoms with van der Waals surface area (Å²) in [5.74, 6) is 0.441. The lowest BCUT2D eigenvalue weighted by atomic mass is 10.1. The summed E-state index contributed by atoms with van der Waals surface area (Å²) in [5.41, 5.74) is 2.07. The lowest BCUT2D eigenvalue weighted by Crippen LogP contribution is -2.37. The maximum Gasteiger partial charge on any atom is 0.255 e. The molecule has 2 aromatic rings. The van der Waals surface area contributed by atoms with Crippen molar-refractivity contribution in [2.75, 3.05) is 45.3 Å². The number of morpholine rings is 1. The smallest absolute Gasteiger partial charge is 0.255 e. The van der Waals surface area contributed by atoms with Gasteiger partial charge in [0.1, 0.15) is 5.75 Å². The fraction of sp³-hybridized carbons (Fsp3) is 0.381. The number of amides is 1. The molecule has 3 rings (SSSR count). The molecule has 27 heavy (non-hydrogen) atoms. The van der Waals surface area contributed by atoms with Crippen LogP contribution in [-0.4, -0.2) is 55.9 Å². The van der Waals surface area contributed by atoms with Crippen LogP contribution in [0.3, 0.4) is 0 Å². The Balaban J connectivity index is 1.53. The molecule has 2 aromatic carbocycles. The van der Waals surface area contributed by atoms with Crippen LogP contribution in [0.15, 0.2) is 48.5 Å². The van der Waals surface area contributed by atoms with Crippen LogP contribution in [0, 0.1) is 0 Å². The molecule has 2 N–H and O–H groups in total. The summed E-state index contributed by atoms with van der Waals surface area (Å²) in [7, 11) is 1.57. The number of rotatable bonds is 7. The summed E-state index contributed by atoms with van der Waals surface area (Å²) < 4.78 is 10.5. The maximum absolute atomic E-state index is 12.3. The lowest BCUT2D eigenvalue weighted by molar-refractivity contribution is 0.0300. The third-order valence-corrected chi connectivity index (χ3v) is 4.71. The molecule has 1 fully saturated rings. The molecule has 0 bridgehead atoms. The number of nitrogens with zero attached hydrogens (tertiary/aromatic N) is 1. The van der Waals surface area contributed by atoms with Gasteiger partial charge in [-0.15, -0.1) is 0 Å². The second-order valence-corrected chi connectivity index (χ2v) is 6.57. The van der Waals surface area contributed by atoms with E-state index in [4.69, 9.17) is 9.47 Å². The van der Waals surface area contributed by atoms with Gasteiger partial charge in [-0.3, -0.25) is 9.69 Å². The monoisotopic (exact) mass is 370 g/mol. The van der Waals surface area contributed by atoms with Gasteiger partial charge in [-0.1, -0.05) is 18.2 Å². The molecule has 1 aliphatic heterocycles. The van der Waals surface area contributed by atoms with Crippen LogP contribution in [0.4, 0.5) is 5.69 Å². The van der Waals surface area contributed by atoms with E-state index in [1.807, 2.05) is 24.3 Å². The fourth-order valence-corrected chi connectivity index (χ4v) is 3.05. The highest BCUT2D eigenvalue weighted by Gasteiger charge is 2.14. The Hall–Kier alpha value is -2.41. The van der Waals surface area contributed by atoms with E-state index in [0.29, 0.717) is 23.4 Å². The van der Waals surface area contributed by atoms with Gasteiger partial charge in [0.25, 0.3) is 5.91 Å². The zero-order valence-corrected chi connectivity index (χ0v) is 15.6. The molecule has 1 aliphatic rings. The van der Waals surface area contributed by atoms with Crippen molar-refractivity contribution < 1.29 is 19.4 Å². The van der Waals surface area contributed by atoms with Gasteiger partial charge in [-0.05, 0) is 42.3 Å². The van der Waals surface area contributed by atoms with Crippen molar-refractivity contribution >= 4 is 11.6 Å². The highest BCUT2D eigenvalue weighted by atomic mass is 16.5. The van der Waals surface area contributed by atoms with Gasteiger partial charge in [0.2, 0.25) is 0 Å². The number of anilines is 1. The van der Waals surface area contributed by atoms with Crippen LogP contribution >= 0.6 is 0 Å². The molecule has 6 nitrogen and oxygen atoms in total. The van der Waals surface area contributed by atoms with Gasteiger partial charge in [0.15, 0.2) is 0 Å². The number of ether oxygens (including phenoxy) is 2. The zero-order chi connectivity index (χ0) is 19.1. The van der Waals surface area contributed by atoms with Gasteiger partial charge in [0.05, 0.1) is 26.4 Å². The third kappa shape index (κ3) is 5.53. The number of carbonyl (C=O) groups is 1. The number of aliphatic hydroxyl groups is 1. The molecule has 0 aliphatic carbocycles. The molecule has 0 aromatic heterocycles. The van der Waals surface area contributed by atoms with Gasteiger partial charge in [-0.25, -0.2) is 0 Å². The number of benzene rings is 2. The SMILES string of the molecule is COc1cccc(C(=O)Nc2ccc(C(O)CCN3CCOCC3)cc2)c1. The van der Waals surface area contributed by atoms with E-state index in [0.717, 1.165) is 38.4 Å². The molecule has 0 radical (unpaired) electrons. The standard InChI is InChI=1S/C21H26N2O4/c1-26-19-4-2-3-17(15-19)21(25)22-18-7-5-16(6-8-18)20(24)9-10-23-11-13-27-14-12-23/h2-8,15,20,24H,9-14H2,1H3,(H,22,25). The molecule has 0 saturated carbocycles. The van der Waals surface area contributed by atoms with Gasteiger partial charge in [0, 0.05) is 30.9 Å². The minimum atomic E-state index is -0.518. The molecule has 1 unspecified atom stereocenters. The lowest BCUT2D eigenvalue weighted by Gasteiger charge is -2.27. The highest BCUT2D eigenvalue weighted by molar-refractivity contribution is 6.04. The predicted octanol–water partition coefficient (Wildman–Crippen LogP) is 2.70. The molecular formula is C21H26N2O4. The van der Waals surface area contributed by atoms with Crippen molar-refractivity contribution in [3.05, 3.63) is 59.7 Å². The molecule has 1 heterocycles. The van der Waals surface area contributed by atoms with Crippen LogP contribution in [0.1, 0.15) is 28.4 Å². The number of hydrogen-bond acceptors (Lipinski definition) is 5. The Labute approximate surface area is 159 Å². The molecule has 144 valence electrons. The van der Waals surface area contributed by atoms with Crippen LogP contribution in [0.25, 0.3) is 0 Å². The van der Waals surface area contributed by atoms with E-state index in [9.17, 15) is 9.90 Å². The van der Waals surface area contributed by atoms with E-state index >= 15 is 0 Å². The van der Waals surface area contributed by atoms with Crippen LogP contribution in [0.2, 0.25) is 0 Å². The molecule has 6 heteroatoms.